The fourth-order valence-electron chi connectivity index (χ4n) is 4.30. The molecular formula is C32H49NO7Si. The summed E-state index contributed by atoms with van der Waals surface area (Å²) in [6, 6.07) is 14.7. The van der Waals surface area contributed by atoms with Crippen LogP contribution in [0.25, 0.3) is 0 Å². The van der Waals surface area contributed by atoms with Crippen LogP contribution in [-0.4, -0.2) is 57.5 Å². The molecule has 8 nitrogen and oxygen atoms in total. The summed E-state index contributed by atoms with van der Waals surface area (Å²) in [5, 5.41) is 13.3. The van der Waals surface area contributed by atoms with E-state index in [1.807, 2.05) is 57.2 Å². The number of alkyl carbamates (subject to hydrolysis) is 1. The lowest BCUT2D eigenvalue weighted by atomic mass is 9.89. The van der Waals surface area contributed by atoms with E-state index in [0.29, 0.717) is 17.9 Å². The molecule has 0 aliphatic heterocycles. The summed E-state index contributed by atoms with van der Waals surface area (Å²) >= 11 is 0. The summed E-state index contributed by atoms with van der Waals surface area (Å²) in [6.07, 6.45) is -0.220. The van der Waals surface area contributed by atoms with Gasteiger partial charge in [-0.1, -0.05) is 57.2 Å². The van der Waals surface area contributed by atoms with Crippen molar-refractivity contribution in [1.29, 1.82) is 0 Å². The van der Waals surface area contributed by atoms with Crippen LogP contribution in [-0.2, 0) is 26.8 Å². The molecule has 0 aliphatic rings. The predicted octanol–water partition coefficient (Wildman–Crippen LogP) is 6.86. The number of ether oxygens (including phenoxy) is 3. The number of rotatable bonds is 13. The normalized spacial score (nSPS) is 14.5. The highest BCUT2D eigenvalue weighted by Crippen LogP contribution is 2.39. The summed E-state index contributed by atoms with van der Waals surface area (Å²) in [5.41, 5.74) is 1.12. The molecule has 228 valence electrons. The largest absolute Gasteiger partial charge is 0.493 e. The maximum Gasteiger partial charge on any atom is 0.407 e. The second-order valence-electron chi connectivity index (χ2n) is 13.0. The van der Waals surface area contributed by atoms with Crippen molar-refractivity contribution in [2.24, 2.45) is 5.92 Å². The third kappa shape index (κ3) is 10.7. The molecule has 0 saturated heterocycles. The van der Waals surface area contributed by atoms with Gasteiger partial charge in [0.25, 0.3) is 0 Å². The molecule has 0 radical (unpaired) electrons. The van der Waals surface area contributed by atoms with Gasteiger partial charge in [0.1, 0.15) is 5.60 Å². The van der Waals surface area contributed by atoms with Crippen LogP contribution < -0.4 is 14.8 Å². The van der Waals surface area contributed by atoms with Gasteiger partial charge in [0.15, 0.2) is 19.8 Å². The number of carbonyl (C=O) groups is 2. The molecule has 1 amide bonds. The fraction of sp³-hybridized carbons (Fsp3) is 0.562. The molecule has 2 rings (SSSR count). The first kappa shape index (κ1) is 34.2. The molecule has 2 N–H and O–H groups in total. The van der Waals surface area contributed by atoms with Crippen molar-refractivity contribution >= 4 is 20.4 Å². The third-order valence-electron chi connectivity index (χ3n) is 7.50. The van der Waals surface area contributed by atoms with Gasteiger partial charge in [-0.2, -0.15) is 0 Å². The minimum atomic E-state index is -2.39. The van der Waals surface area contributed by atoms with Crippen LogP contribution in [0, 0.1) is 5.92 Å². The highest BCUT2D eigenvalue weighted by atomic mass is 28.4. The van der Waals surface area contributed by atoms with Gasteiger partial charge >= 0.3 is 12.1 Å². The number of benzene rings is 2. The number of carbonyl (C=O) groups excluding carboxylic acids is 1. The quantitative estimate of drug-likeness (QED) is 0.247. The smallest absolute Gasteiger partial charge is 0.407 e. The monoisotopic (exact) mass is 587 g/mol. The zero-order chi connectivity index (χ0) is 31.0. The Hall–Kier alpha value is -3.04. The molecule has 41 heavy (non-hydrogen) atoms. The van der Waals surface area contributed by atoms with E-state index in [0.717, 1.165) is 11.1 Å². The van der Waals surface area contributed by atoms with Crippen molar-refractivity contribution in [2.45, 2.75) is 96.7 Å². The minimum absolute atomic E-state index is 0.128. The summed E-state index contributed by atoms with van der Waals surface area (Å²) in [4.78, 5) is 25.7. The molecule has 2 aromatic carbocycles. The van der Waals surface area contributed by atoms with Gasteiger partial charge in [0.05, 0.1) is 32.3 Å². The van der Waals surface area contributed by atoms with E-state index < -0.39 is 44.0 Å². The van der Waals surface area contributed by atoms with Crippen LogP contribution in [0.5, 0.6) is 11.5 Å². The first-order valence-corrected chi connectivity index (χ1v) is 17.0. The Morgan fingerprint density at radius 1 is 0.878 bits per heavy atom. The van der Waals surface area contributed by atoms with Gasteiger partial charge in [0, 0.05) is 0 Å². The standard InChI is InChI=1S/C32H49NO7Si/c1-31(2,3)39-30(36)33-25(19-22-14-12-11-13-15-22)27(40-41(9,10)32(4,5)6)21-24(29(34)35)18-23-16-17-26(37-7)28(20-23)38-8/h11-17,20,24-25,27H,18-19,21H2,1-10H3,(H,33,36)(H,34,35)/t24-,25+,27+/m1/s1. The van der Waals surface area contributed by atoms with Crippen molar-refractivity contribution in [3.05, 3.63) is 59.7 Å². The van der Waals surface area contributed by atoms with E-state index in [9.17, 15) is 14.7 Å². The van der Waals surface area contributed by atoms with Crippen molar-refractivity contribution in [1.82, 2.24) is 5.32 Å². The van der Waals surface area contributed by atoms with Crippen LogP contribution in [0.1, 0.15) is 59.1 Å². The average molecular weight is 588 g/mol. The van der Waals surface area contributed by atoms with E-state index >= 15 is 0 Å². The van der Waals surface area contributed by atoms with Crippen LogP contribution >= 0.6 is 0 Å². The highest BCUT2D eigenvalue weighted by Gasteiger charge is 2.42. The molecule has 3 atom stereocenters. The lowest BCUT2D eigenvalue weighted by Crippen LogP contribution is -2.54. The number of amides is 1. The molecule has 9 heteroatoms. The number of methoxy groups -OCH3 is 2. The number of nitrogens with one attached hydrogen (secondary N) is 1. The first-order valence-electron chi connectivity index (χ1n) is 14.1. The molecule has 0 aromatic heterocycles. The molecular weight excluding hydrogens is 538 g/mol. The molecule has 0 unspecified atom stereocenters. The van der Waals surface area contributed by atoms with Crippen LogP contribution in [0.3, 0.4) is 0 Å². The van der Waals surface area contributed by atoms with Gasteiger partial charge in [-0.15, -0.1) is 0 Å². The lowest BCUT2D eigenvalue weighted by Gasteiger charge is -2.42. The predicted molar refractivity (Wildman–Crippen MR) is 164 cm³/mol. The van der Waals surface area contributed by atoms with E-state index in [1.54, 1.807) is 26.4 Å². The molecule has 0 aliphatic carbocycles. The summed E-state index contributed by atoms with van der Waals surface area (Å²) in [5.74, 6) is -0.593. The van der Waals surface area contributed by atoms with Crippen molar-refractivity contribution in [3.8, 4) is 11.5 Å². The van der Waals surface area contributed by atoms with Crippen LogP contribution in [0.4, 0.5) is 4.79 Å². The van der Waals surface area contributed by atoms with E-state index in [2.05, 4.69) is 39.2 Å². The van der Waals surface area contributed by atoms with Gasteiger partial charge in [0.2, 0.25) is 0 Å². The molecule has 2 aromatic rings. The molecule has 0 heterocycles. The molecule has 0 saturated carbocycles. The Balaban J connectivity index is 2.51. The Morgan fingerprint density at radius 2 is 1.49 bits per heavy atom. The van der Waals surface area contributed by atoms with E-state index in [1.165, 1.54) is 0 Å². The number of aliphatic carboxylic acids is 1. The second kappa shape index (κ2) is 14.2. The molecule has 0 bridgehead atoms. The van der Waals surface area contributed by atoms with E-state index in [4.69, 9.17) is 18.6 Å². The number of carboxylic acid groups (broad SMARTS) is 1. The van der Waals surface area contributed by atoms with Gasteiger partial charge in [-0.05, 0) is 81.4 Å². The van der Waals surface area contributed by atoms with Crippen LogP contribution in [0.15, 0.2) is 48.5 Å². The molecule has 0 spiro atoms. The van der Waals surface area contributed by atoms with Crippen molar-refractivity contribution in [3.63, 3.8) is 0 Å². The zero-order valence-corrected chi connectivity index (χ0v) is 27.4. The number of hydrogen-bond donors (Lipinski definition) is 2. The van der Waals surface area contributed by atoms with Gasteiger partial charge in [-0.25, -0.2) is 4.79 Å². The van der Waals surface area contributed by atoms with E-state index in [-0.39, 0.29) is 17.9 Å². The van der Waals surface area contributed by atoms with Gasteiger partial charge in [-0.3, -0.25) is 4.79 Å². The third-order valence-corrected chi connectivity index (χ3v) is 12.0. The number of hydrogen-bond acceptors (Lipinski definition) is 6. The second-order valence-corrected chi connectivity index (χ2v) is 17.8. The zero-order valence-electron chi connectivity index (χ0n) is 26.4. The maximum atomic E-state index is 13.0. The summed E-state index contributed by atoms with van der Waals surface area (Å²) < 4.78 is 23.3. The lowest BCUT2D eigenvalue weighted by molar-refractivity contribution is -0.142. The Bertz CT molecular complexity index is 1140. The van der Waals surface area contributed by atoms with Gasteiger partial charge < -0.3 is 29.1 Å². The summed E-state index contributed by atoms with van der Waals surface area (Å²) in [6.45, 7) is 16.1. The molecule has 0 fully saturated rings. The summed E-state index contributed by atoms with van der Waals surface area (Å²) in [7, 11) is 0.724. The Labute approximate surface area is 246 Å². The van der Waals surface area contributed by atoms with Crippen molar-refractivity contribution < 1.29 is 33.3 Å². The highest BCUT2D eigenvalue weighted by molar-refractivity contribution is 6.74. The first-order chi connectivity index (χ1) is 19.0. The topological polar surface area (TPSA) is 103 Å². The van der Waals surface area contributed by atoms with Crippen molar-refractivity contribution in [2.75, 3.05) is 14.2 Å². The SMILES string of the molecule is COc1ccc(C[C@H](C[C@H](O[Si](C)(C)C(C)(C)C)[C@H](Cc2ccccc2)NC(=O)OC(C)(C)C)C(=O)O)cc1OC. The minimum Gasteiger partial charge on any atom is -0.493 e. The average Bonchev–Trinajstić information content (AvgIpc) is 2.86. The Kier molecular flexibility index (Phi) is 11.9. The fourth-order valence-corrected chi connectivity index (χ4v) is 5.67. The number of carboxylic acids is 1. The van der Waals surface area contributed by atoms with Crippen LogP contribution in [0.2, 0.25) is 18.1 Å². The maximum absolute atomic E-state index is 13.0. The Morgan fingerprint density at radius 3 is 2.00 bits per heavy atom.